The van der Waals surface area contributed by atoms with Gasteiger partial charge >= 0.3 is 0 Å². The Morgan fingerprint density at radius 1 is 1.13 bits per heavy atom. The van der Waals surface area contributed by atoms with Crippen LogP contribution in [0, 0.1) is 11.3 Å². The fraction of sp³-hybridized carbons (Fsp3) is 0.320. The van der Waals surface area contributed by atoms with E-state index in [1.165, 1.54) is 5.56 Å². The molecule has 1 N–H and O–H groups in total. The first-order valence-corrected chi connectivity index (χ1v) is 10.7. The third-order valence-corrected chi connectivity index (χ3v) is 6.13. The van der Waals surface area contributed by atoms with Gasteiger partial charge in [-0.25, -0.2) is 4.98 Å². The van der Waals surface area contributed by atoms with E-state index in [1.54, 1.807) is 0 Å². The van der Waals surface area contributed by atoms with Crippen LogP contribution in [0.3, 0.4) is 0 Å². The second kappa shape index (κ2) is 8.46. The number of pyridine rings is 1. The van der Waals surface area contributed by atoms with Crippen LogP contribution in [0.5, 0.6) is 0 Å². The maximum absolute atomic E-state index is 11.5. The summed E-state index contributed by atoms with van der Waals surface area (Å²) in [6, 6.07) is 18.5. The Hall–Kier alpha value is -3.27. The van der Waals surface area contributed by atoms with E-state index >= 15 is 0 Å². The number of amides is 1. The maximum atomic E-state index is 11.5. The highest BCUT2D eigenvalue weighted by atomic mass is 16.5. The molecule has 3 heterocycles. The number of hydrogen-bond donors (Lipinski definition) is 1. The number of fused-ring (bicyclic) bond motifs is 1. The zero-order valence-corrected chi connectivity index (χ0v) is 17.3. The van der Waals surface area contributed by atoms with E-state index in [0.717, 1.165) is 67.0 Å². The molecule has 0 saturated carbocycles. The van der Waals surface area contributed by atoms with Crippen molar-refractivity contribution in [2.75, 3.05) is 26.3 Å². The number of carbonyl (C=O) groups excluding carboxylic acids is 1. The normalized spacial score (nSPS) is 19.3. The molecule has 156 valence electrons. The number of rotatable bonds is 4. The molecule has 1 aromatic heterocycles. The number of aromatic nitrogens is 1. The number of nitrogens with one attached hydrogen (secondary N) is 1. The monoisotopic (exact) mass is 412 g/mol. The molecule has 0 spiro atoms. The molecule has 2 aliphatic heterocycles. The first-order chi connectivity index (χ1) is 15.2. The Morgan fingerprint density at radius 2 is 1.94 bits per heavy atom. The zero-order chi connectivity index (χ0) is 21.2. The highest BCUT2D eigenvalue weighted by molar-refractivity contribution is 5.86. The molecule has 2 aromatic carbocycles. The van der Waals surface area contributed by atoms with Crippen molar-refractivity contribution in [2.24, 2.45) is 0 Å². The SMILES string of the molecule is N#Cc1ccc2c(CN3CCOCC3)cc(-c3ccc(C4CCC(=O)N4)cc3)nc2c1. The first-order valence-electron chi connectivity index (χ1n) is 10.7. The van der Waals surface area contributed by atoms with E-state index in [4.69, 9.17) is 9.72 Å². The van der Waals surface area contributed by atoms with E-state index < -0.39 is 0 Å². The molecule has 31 heavy (non-hydrogen) atoms. The summed E-state index contributed by atoms with van der Waals surface area (Å²) in [6.45, 7) is 4.17. The summed E-state index contributed by atoms with van der Waals surface area (Å²) in [6.07, 6.45) is 1.43. The number of ether oxygens (including phenoxy) is 1. The van der Waals surface area contributed by atoms with Gasteiger partial charge in [0, 0.05) is 37.0 Å². The van der Waals surface area contributed by atoms with Crippen molar-refractivity contribution < 1.29 is 9.53 Å². The summed E-state index contributed by atoms with van der Waals surface area (Å²) in [7, 11) is 0. The van der Waals surface area contributed by atoms with Gasteiger partial charge in [-0.1, -0.05) is 30.3 Å². The van der Waals surface area contributed by atoms with Crippen LogP contribution in [0.2, 0.25) is 0 Å². The largest absolute Gasteiger partial charge is 0.379 e. The van der Waals surface area contributed by atoms with E-state index in [9.17, 15) is 10.1 Å². The second-order valence-electron chi connectivity index (χ2n) is 8.18. The average Bonchev–Trinajstić information content (AvgIpc) is 3.25. The van der Waals surface area contributed by atoms with Crippen molar-refractivity contribution in [3.8, 4) is 17.3 Å². The quantitative estimate of drug-likeness (QED) is 0.709. The minimum atomic E-state index is 0.0983. The lowest BCUT2D eigenvalue weighted by Gasteiger charge is -2.27. The van der Waals surface area contributed by atoms with Crippen LogP contribution in [-0.2, 0) is 16.1 Å². The molecule has 1 atom stereocenters. The van der Waals surface area contributed by atoms with Crippen molar-refractivity contribution in [3.05, 3.63) is 65.2 Å². The molecule has 0 radical (unpaired) electrons. The molecule has 6 nitrogen and oxygen atoms in total. The molecular formula is C25H24N4O2. The van der Waals surface area contributed by atoms with Gasteiger partial charge in [-0.3, -0.25) is 9.69 Å². The van der Waals surface area contributed by atoms with Gasteiger partial charge in [0.15, 0.2) is 0 Å². The Bertz CT molecular complexity index is 1160. The van der Waals surface area contributed by atoms with Gasteiger partial charge in [-0.15, -0.1) is 0 Å². The molecule has 2 fully saturated rings. The van der Waals surface area contributed by atoms with Crippen LogP contribution in [0.1, 0.15) is 35.6 Å². The second-order valence-corrected chi connectivity index (χ2v) is 8.18. The molecule has 3 aromatic rings. The molecule has 0 aliphatic carbocycles. The highest BCUT2D eigenvalue weighted by Gasteiger charge is 2.22. The van der Waals surface area contributed by atoms with E-state index in [2.05, 4.69) is 46.6 Å². The number of nitriles is 1. The topological polar surface area (TPSA) is 78.2 Å². The van der Waals surface area contributed by atoms with E-state index in [-0.39, 0.29) is 11.9 Å². The Balaban J connectivity index is 1.51. The van der Waals surface area contributed by atoms with Crippen molar-refractivity contribution in [1.82, 2.24) is 15.2 Å². The smallest absolute Gasteiger partial charge is 0.220 e. The van der Waals surface area contributed by atoms with Gasteiger partial charge in [0.05, 0.1) is 42.1 Å². The number of morpholine rings is 1. The summed E-state index contributed by atoms with van der Waals surface area (Å²) in [4.78, 5) is 18.8. The average molecular weight is 412 g/mol. The van der Waals surface area contributed by atoms with Crippen LogP contribution in [-0.4, -0.2) is 42.1 Å². The summed E-state index contributed by atoms with van der Waals surface area (Å²) < 4.78 is 5.49. The summed E-state index contributed by atoms with van der Waals surface area (Å²) in [5, 5.41) is 13.4. The van der Waals surface area contributed by atoms with Gasteiger partial charge < -0.3 is 10.1 Å². The van der Waals surface area contributed by atoms with Gasteiger partial charge in [-0.05, 0) is 35.7 Å². The third kappa shape index (κ3) is 4.15. The molecule has 0 bridgehead atoms. The summed E-state index contributed by atoms with van der Waals surface area (Å²) in [5.74, 6) is 0.117. The van der Waals surface area contributed by atoms with E-state index in [0.29, 0.717) is 12.0 Å². The molecule has 6 heteroatoms. The lowest BCUT2D eigenvalue weighted by molar-refractivity contribution is -0.119. The summed E-state index contributed by atoms with van der Waals surface area (Å²) in [5.41, 5.74) is 5.70. The molecule has 1 amide bonds. The van der Waals surface area contributed by atoms with Crippen molar-refractivity contribution in [1.29, 1.82) is 5.26 Å². The molecule has 5 rings (SSSR count). The van der Waals surface area contributed by atoms with Crippen LogP contribution < -0.4 is 5.32 Å². The van der Waals surface area contributed by atoms with E-state index in [1.807, 2.05) is 18.2 Å². The minimum absolute atomic E-state index is 0.0983. The summed E-state index contributed by atoms with van der Waals surface area (Å²) >= 11 is 0. The molecule has 2 aliphatic rings. The highest BCUT2D eigenvalue weighted by Crippen LogP contribution is 2.29. The number of nitrogens with zero attached hydrogens (tertiary/aromatic N) is 3. The predicted molar refractivity (Wildman–Crippen MR) is 118 cm³/mol. The lowest BCUT2D eigenvalue weighted by atomic mass is 9.99. The number of hydrogen-bond acceptors (Lipinski definition) is 5. The standard InChI is InChI=1S/C25H24N4O2/c26-15-17-1-6-21-20(16-29-9-11-31-12-10-29)14-23(27-24(21)13-17)19-4-2-18(3-5-19)22-7-8-25(30)28-22/h1-6,13-14,22H,7-12,16H2,(H,28,30). The molecular weight excluding hydrogens is 388 g/mol. The van der Waals surface area contributed by atoms with Crippen LogP contribution in [0.4, 0.5) is 0 Å². The fourth-order valence-corrected chi connectivity index (χ4v) is 4.40. The maximum Gasteiger partial charge on any atom is 0.220 e. The Morgan fingerprint density at radius 3 is 2.65 bits per heavy atom. The molecule has 2 saturated heterocycles. The lowest BCUT2D eigenvalue weighted by Crippen LogP contribution is -2.35. The van der Waals surface area contributed by atoms with Gasteiger partial charge in [0.2, 0.25) is 5.91 Å². The van der Waals surface area contributed by atoms with Crippen LogP contribution in [0.25, 0.3) is 22.2 Å². The van der Waals surface area contributed by atoms with Crippen LogP contribution in [0.15, 0.2) is 48.5 Å². The van der Waals surface area contributed by atoms with Gasteiger partial charge in [0.1, 0.15) is 0 Å². The first kappa shape index (κ1) is 19.7. The number of benzene rings is 2. The van der Waals surface area contributed by atoms with Crippen molar-refractivity contribution >= 4 is 16.8 Å². The predicted octanol–water partition coefficient (Wildman–Crippen LogP) is 3.56. The van der Waals surface area contributed by atoms with Crippen molar-refractivity contribution in [2.45, 2.75) is 25.4 Å². The Labute approximate surface area is 181 Å². The molecule has 1 unspecified atom stereocenters. The van der Waals surface area contributed by atoms with Crippen molar-refractivity contribution in [3.63, 3.8) is 0 Å². The van der Waals surface area contributed by atoms with Gasteiger partial charge in [-0.2, -0.15) is 5.26 Å². The Kier molecular flexibility index (Phi) is 5.37. The zero-order valence-electron chi connectivity index (χ0n) is 17.3. The third-order valence-electron chi connectivity index (χ3n) is 6.13. The van der Waals surface area contributed by atoms with Gasteiger partial charge in [0.25, 0.3) is 0 Å². The number of carbonyl (C=O) groups is 1. The fourth-order valence-electron chi connectivity index (χ4n) is 4.40. The van der Waals surface area contributed by atoms with Crippen LogP contribution >= 0.6 is 0 Å². The minimum Gasteiger partial charge on any atom is -0.379 e.